The number of benzene rings is 2. The van der Waals surface area contributed by atoms with Crippen LogP contribution in [0, 0.1) is 5.82 Å². The second kappa shape index (κ2) is 8.44. The predicted octanol–water partition coefficient (Wildman–Crippen LogP) is 4.07. The quantitative estimate of drug-likeness (QED) is 0.598. The lowest BCUT2D eigenvalue weighted by Gasteiger charge is -2.11. The molecule has 1 aromatic heterocycles. The van der Waals surface area contributed by atoms with Crippen LogP contribution in [0.2, 0.25) is 0 Å². The maximum absolute atomic E-state index is 13.1. The third-order valence-electron chi connectivity index (χ3n) is 4.87. The van der Waals surface area contributed by atoms with Crippen LogP contribution in [0.4, 0.5) is 4.39 Å². The van der Waals surface area contributed by atoms with Gasteiger partial charge in [-0.25, -0.2) is 4.39 Å². The van der Waals surface area contributed by atoms with Crippen molar-refractivity contribution in [1.82, 2.24) is 4.57 Å². The van der Waals surface area contributed by atoms with Crippen molar-refractivity contribution >= 4 is 16.8 Å². The lowest BCUT2D eigenvalue weighted by Crippen LogP contribution is -2.30. The van der Waals surface area contributed by atoms with E-state index in [1.54, 1.807) is 12.1 Å². The van der Waals surface area contributed by atoms with Crippen molar-refractivity contribution in [2.45, 2.75) is 25.3 Å². The van der Waals surface area contributed by atoms with Gasteiger partial charge in [0, 0.05) is 17.3 Å². The van der Waals surface area contributed by atoms with E-state index in [9.17, 15) is 4.39 Å². The molecule has 0 amide bonds. The monoisotopic (exact) mass is 381 g/mol. The van der Waals surface area contributed by atoms with Crippen LogP contribution < -0.4 is 10.5 Å². The van der Waals surface area contributed by atoms with Gasteiger partial charge in [0.05, 0.1) is 24.7 Å². The Hall–Kier alpha value is -2.86. The molecule has 28 heavy (non-hydrogen) atoms. The molecule has 0 fully saturated rings. The van der Waals surface area contributed by atoms with Gasteiger partial charge in [0.1, 0.15) is 18.2 Å². The highest BCUT2D eigenvalue weighted by Crippen LogP contribution is 2.25. The number of nitrogens with zero attached hydrogens (tertiary/aromatic N) is 2. The number of unbranched alkanes of at least 4 members (excludes halogenated alkanes) is 1. The van der Waals surface area contributed by atoms with E-state index >= 15 is 0 Å². The molecule has 3 aromatic rings. The zero-order chi connectivity index (χ0) is 19.3. The lowest BCUT2D eigenvalue weighted by atomic mass is 10.1. The molecule has 2 heterocycles. The summed E-state index contributed by atoms with van der Waals surface area (Å²) in [4.78, 5) is 4.26. The summed E-state index contributed by atoms with van der Waals surface area (Å²) in [6.07, 6.45) is 4.72. The molecular weight excluding hydrogens is 357 g/mol. The van der Waals surface area contributed by atoms with Gasteiger partial charge in [-0.15, -0.1) is 0 Å². The van der Waals surface area contributed by atoms with Gasteiger partial charge >= 0.3 is 0 Å². The molecule has 0 saturated carbocycles. The molecule has 0 saturated heterocycles. The van der Waals surface area contributed by atoms with Gasteiger partial charge in [0.25, 0.3) is 0 Å². The Morgan fingerprint density at radius 2 is 2.00 bits per heavy atom. The highest BCUT2D eigenvalue weighted by atomic mass is 19.1. The van der Waals surface area contributed by atoms with E-state index < -0.39 is 0 Å². The standard InChI is InChI=1S/C22H24FN3O2/c23-17-4-6-18(7-5-17)26-12-10-16-15-19(8-9-21(16)26)27-13-2-1-3-20(24)22-25-11-14-28-22/h4-10,12,15,20H,1-3,11,13-14,24H2. The Balaban J connectivity index is 1.31. The van der Waals surface area contributed by atoms with Crippen molar-refractivity contribution in [3.8, 4) is 11.4 Å². The number of nitrogens with two attached hydrogens (primary N) is 1. The summed E-state index contributed by atoms with van der Waals surface area (Å²) in [5.74, 6) is 1.30. The molecule has 6 heteroatoms. The summed E-state index contributed by atoms with van der Waals surface area (Å²) >= 11 is 0. The average Bonchev–Trinajstić information content (AvgIpc) is 3.38. The van der Waals surface area contributed by atoms with E-state index in [0.717, 1.165) is 48.1 Å². The fourth-order valence-electron chi connectivity index (χ4n) is 3.39. The van der Waals surface area contributed by atoms with Crippen molar-refractivity contribution in [3.63, 3.8) is 0 Å². The minimum Gasteiger partial charge on any atom is -0.494 e. The molecule has 2 N–H and O–H groups in total. The summed E-state index contributed by atoms with van der Waals surface area (Å²) in [7, 11) is 0. The van der Waals surface area contributed by atoms with Gasteiger partial charge in [0.15, 0.2) is 0 Å². The van der Waals surface area contributed by atoms with Crippen LogP contribution in [0.5, 0.6) is 5.75 Å². The molecule has 2 aromatic carbocycles. The Kier molecular flexibility index (Phi) is 5.58. The van der Waals surface area contributed by atoms with E-state index in [1.165, 1.54) is 12.1 Å². The number of halogens is 1. The third kappa shape index (κ3) is 4.17. The van der Waals surface area contributed by atoms with Crippen LogP contribution in [0.25, 0.3) is 16.6 Å². The molecule has 1 atom stereocenters. The highest BCUT2D eigenvalue weighted by molar-refractivity contribution is 5.83. The molecule has 1 aliphatic heterocycles. The Labute approximate surface area is 163 Å². The molecule has 1 unspecified atom stereocenters. The first-order chi connectivity index (χ1) is 13.7. The Morgan fingerprint density at radius 3 is 2.79 bits per heavy atom. The van der Waals surface area contributed by atoms with Crippen molar-refractivity contribution in [1.29, 1.82) is 0 Å². The van der Waals surface area contributed by atoms with Crippen LogP contribution >= 0.6 is 0 Å². The summed E-state index contributed by atoms with van der Waals surface area (Å²) in [5.41, 5.74) is 8.06. The number of hydrogen-bond donors (Lipinski definition) is 1. The average molecular weight is 381 g/mol. The fraction of sp³-hybridized carbons (Fsp3) is 0.318. The topological polar surface area (TPSA) is 61.8 Å². The largest absolute Gasteiger partial charge is 0.494 e. The van der Waals surface area contributed by atoms with Crippen molar-refractivity contribution in [2.75, 3.05) is 19.8 Å². The van der Waals surface area contributed by atoms with Gasteiger partial charge in [-0.05, 0) is 67.8 Å². The maximum atomic E-state index is 13.1. The number of ether oxygens (including phenoxy) is 2. The number of hydrogen-bond acceptors (Lipinski definition) is 4. The zero-order valence-corrected chi connectivity index (χ0v) is 15.7. The molecule has 0 bridgehead atoms. The van der Waals surface area contributed by atoms with Crippen LogP contribution in [0.1, 0.15) is 19.3 Å². The second-order valence-electron chi connectivity index (χ2n) is 6.90. The van der Waals surface area contributed by atoms with E-state index in [4.69, 9.17) is 15.2 Å². The Morgan fingerprint density at radius 1 is 1.14 bits per heavy atom. The molecule has 0 radical (unpaired) electrons. The number of fused-ring (bicyclic) bond motifs is 1. The minimum atomic E-state index is -0.236. The van der Waals surface area contributed by atoms with Gasteiger partial charge in [-0.3, -0.25) is 4.99 Å². The first-order valence-corrected chi connectivity index (χ1v) is 9.63. The van der Waals surface area contributed by atoms with Crippen molar-refractivity contribution in [3.05, 3.63) is 60.5 Å². The number of rotatable bonds is 8. The number of aromatic nitrogens is 1. The molecule has 4 rings (SSSR count). The smallest absolute Gasteiger partial charge is 0.200 e. The molecule has 5 nitrogen and oxygen atoms in total. The zero-order valence-electron chi connectivity index (χ0n) is 15.7. The van der Waals surface area contributed by atoms with E-state index in [1.807, 2.05) is 35.0 Å². The molecule has 0 spiro atoms. The van der Waals surface area contributed by atoms with Gasteiger partial charge in [-0.2, -0.15) is 0 Å². The lowest BCUT2D eigenvalue weighted by molar-refractivity contribution is 0.301. The first kappa shape index (κ1) is 18.5. The van der Waals surface area contributed by atoms with Crippen LogP contribution in [-0.4, -0.2) is 36.3 Å². The van der Waals surface area contributed by atoms with Crippen LogP contribution in [-0.2, 0) is 4.74 Å². The predicted molar refractivity (Wildman–Crippen MR) is 109 cm³/mol. The third-order valence-corrected chi connectivity index (χ3v) is 4.87. The summed E-state index contributed by atoms with van der Waals surface area (Å²) in [6, 6.07) is 14.4. The highest BCUT2D eigenvalue weighted by Gasteiger charge is 2.15. The summed E-state index contributed by atoms with van der Waals surface area (Å²) in [5, 5.41) is 1.08. The molecule has 146 valence electrons. The van der Waals surface area contributed by atoms with Gasteiger partial charge < -0.3 is 19.8 Å². The molecular formula is C22H24FN3O2. The Bertz CT molecular complexity index is 966. The number of aliphatic imine (C=N–C) groups is 1. The molecule has 1 aliphatic rings. The van der Waals surface area contributed by atoms with E-state index in [2.05, 4.69) is 4.99 Å². The summed E-state index contributed by atoms with van der Waals surface area (Å²) < 4.78 is 26.5. The van der Waals surface area contributed by atoms with Crippen LogP contribution in [0.15, 0.2) is 59.7 Å². The summed E-state index contributed by atoms with van der Waals surface area (Å²) in [6.45, 7) is 2.01. The van der Waals surface area contributed by atoms with Gasteiger partial charge in [0.2, 0.25) is 5.90 Å². The molecule has 0 aliphatic carbocycles. The van der Waals surface area contributed by atoms with Gasteiger partial charge in [-0.1, -0.05) is 0 Å². The minimum absolute atomic E-state index is 0.106. The van der Waals surface area contributed by atoms with E-state index in [-0.39, 0.29) is 11.9 Å². The van der Waals surface area contributed by atoms with Crippen molar-refractivity contribution < 1.29 is 13.9 Å². The first-order valence-electron chi connectivity index (χ1n) is 9.63. The van der Waals surface area contributed by atoms with Crippen LogP contribution in [0.3, 0.4) is 0 Å². The maximum Gasteiger partial charge on any atom is 0.200 e. The van der Waals surface area contributed by atoms with Crippen molar-refractivity contribution in [2.24, 2.45) is 10.7 Å². The normalized spacial score (nSPS) is 14.7. The fourth-order valence-corrected chi connectivity index (χ4v) is 3.39. The van der Waals surface area contributed by atoms with E-state index in [0.29, 0.717) is 19.1 Å². The second-order valence-corrected chi connectivity index (χ2v) is 6.90. The SMILES string of the molecule is NC(CCCCOc1ccc2c(ccn2-c2ccc(F)cc2)c1)C1=NCCO1.